The lowest BCUT2D eigenvalue weighted by Crippen LogP contribution is -2.50. The molecular weight excluding hydrogens is 323 g/mol. The van der Waals surface area contributed by atoms with E-state index in [0.29, 0.717) is 13.1 Å². The minimum Gasteiger partial charge on any atom is -0.368 e. The Bertz CT molecular complexity index is 717. The summed E-state index contributed by atoms with van der Waals surface area (Å²) in [4.78, 5) is 16.3. The van der Waals surface area contributed by atoms with Crippen molar-refractivity contribution in [3.63, 3.8) is 0 Å². The standard InChI is InChI=1S/C18H23FN4O2/c1-12-16(13(2)25-21-12)11-22-7-9-23(10-8-22)17(18(20)24)14-3-5-15(19)6-4-14/h3-6,17H,7-11H2,1-2H3,(H2,20,24)/t17-/m0/s1. The quantitative estimate of drug-likeness (QED) is 0.893. The van der Waals surface area contributed by atoms with Gasteiger partial charge in [-0.2, -0.15) is 0 Å². The zero-order valence-corrected chi connectivity index (χ0v) is 14.5. The first-order chi connectivity index (χ1) is 12.0. The number of carbonyl (C=O) groups is 1. The van der Waals surface area contributed by atoms with Crippen LogP contribution in [-0.2, 0) is 11.3 Å². The molecule has 1 atom stereocenters. The Balaban J connectivity index is 1.65. The van der Waals surface area contributed by atoms with Gasteiger partial charge in [-0.1, -0.05) is 17.3 Å². The Morgan fingerprint density at radius 3 is 2.40 bits per heavy atom. The maximum absolute atomic E-state index is 13.1. The first-order valence-corrected chi connectivity index (χ1v) is 8.38. The number of nitrogens with two attached hydrogens (primary N) is 1. The van der Waals surface area contributed by atoms with Crippen molar-refractivity contribution >= 4 is 5.91 Å². The number of nitrogens with zero attached hydrogens (tertiary/aromatic N) is 3. The average molecular weight is 346 g/mol. The van der Waals surface area contributed by atoms with Crippen molar-refractivity contribution in [3.8, 4) is 0 Å². The van der Waals surface area contributed by atoms with Crippen LogP contribution in [-0.4, -0.2) is 47.0 Å². The average Bonchev–Trinajstić information content (AvgIpc) is 2.90. The molecule has 0 saturated carbocycles. The fourth-order valence-corrected chi connectivity index (χ4v) is 3.33. The highest BCUT2D eigenvalue weighted by Gasteiger charge is 2.29. The number of halogens is 1. The van der Waals surface area contributed by atoms with Crippen molar-refractivity contribution in [2.75, 3.05) is 26.2 Å². The summed E-state index contributed by atoms with van der Waals surface area (Å²) < 4.78 is 18.4. The van der Waals surface area contributed by atoms with Gasteiger partial charge in [-0.25, -0.2) is 4.39 Å². The lowest BCUT2D eigenvalue weighted by atomic mass is 10.0. The molecule has 0 radical (unpaired) electrons. The topological polar surface area (TPSA) is 75.6 Å². The molecule has 1 aromatic heterocycles. The third-order valence-electron chi connectivity index (χ3n) is 4.79. The van der Waals surface area contributed by atoms with E-state index in [1.54, 1.807) is 12.1 Å². The highest BCUT2D eigenvalue weighted by Crippen LogP contribution is 2.23. The predicted molar refractivity (Wildman–Crippen MR) is 91.2 cm³/mol. The van der Waals surface area contributed by atoms with Crippen molar-refractivity contribution in [2.24, 2.45) is 5.73 Å². The minimum absolute atomic E-state index is 0.323. The molecule has 1 fully saturated rings. The van der Waals surface area contributed by atoms with Crippen LogP contribution in [0.4, 0.5) is 4.39 Å². The van der Waals surface area contributed by atoms with Gasteiger partial charge >= 0.3 is 0 Å². The Hall–Kier alpha value is -2.25. The summed E-state index contributed by atoms with van der Waals surface area (Å²) in [7, 11) is 0. The SMILES string of the molecule is Cc1noc(C)c1CN1CCN([C@H](C(N)=O)c2ccc(F)cc2)CC1. The van der Waals surface area contributed by atoms with Crippen molar-refractivity contribution < 1.29 is 13.7 Å². The molecule has 2 aromatic rings. The zero-order valence-electron chi connectivity index (χ0n) is 14.5. The molecule has 7 heteroatoms. The molecule has 25 heavy (non-hydrogen) atoms. The Morgan fingerprint density at radius 1 is 1.24 bits per heavy atom. The number of aromatic nitrogens is 1. The molecule has 6 nitrogen and oxygen atoms in total. The van der Waals surface area contributed by atoms with Crippen molar-refractivity contribution in [3.05, 3.63) is 52.7 Å². The number of aryl methyl sites for hydroxylation is 2. The van der Waals surface area contributed by atoms with Crippen LogP contribution in [0, 0.1) is 19.7 Å². The van der Waals surface area contributed by atoms with E-state index in [2.05, 4.69) is 15.0 Å². The number of carbonyl (C=O) groups excluding carboxylic acids is 1. The van der Waals surface area contributed by atoms with E-state index >= 15 is 0 Å². The number of hydrogen-bond acceptors (Lipinski definition) is 5. The molecule has 1 amide bonds. The Morgan fingerprint density at radius 2 is 1.88 bits per heavy atom. The molecule has 0 aliphatic carbocycles. The summed E-state index contributed by atoms with van der Waals surface area (Å²) >= 11 is 0. The highest BCUT2D eigenvalue weighted by atomic mass is 19.1. The van der Waals surface area contributed by atoms with Crippen LogP contribution < -0.4 is 5.73 Å². The minimum atomic E-state index is -0.526. The molecule has 0 unspecified atom stereocenters. The fourth-order valence-electron chi connectivity index (χ4n) is 3.33. The van der Waals surface area contributed by atoms with Crippen LogP contribution in [0.25, 0.3) is 0 Å². The van der Waals surface area contributed by atoms with Crippen LogP contribution in [0.15, 0.2) is 28.8 Å². The van der Waals surface area contributed by atoms with Crippen molar-refractivity contribution in [1.82, 2.24) is 15.0 Å². The Labute approximate surface area is 146 Å². The summed E-state index contributed by atoms with van der Waals surface area (Å²) in [6.07, 6.45) is 0. The van der Waals surface area contributed by atoms with E-state index in [4.69, 9.17) is 10.3 Å². The number of benzene rings is 1. The van der Waals surface area contributed by atoms with Gasteiger partial charge in [-0.3, -0.25) is 14.6 Å². The van der Waals surface area contributed by atoms with E-state index in [1.807, 2.05) is 13.8 Å². The second kappa shape index (κ2) is 7.33. The smallest absolute Gasteiger partial charge is 0.239 e. The van der Waals surface area contributed by atoms with Gasteiger partial charge in [-0.15, -0.1) is 0 Å². The summed E-state index contributed by atoms with van der Waals surface area (Å²) in [5, 5.41) is 3.99. The molecular formula is C18H23FN4O2. The van der Waals surface area contributed by atoms with Crippen LogP contribution in [0.3, 0.4) is 0 Å². The first-order valence-electron chi connectivity index (χ1n) is 8.38. The van der Waals surface area contributed by atoms with E-state index in [0.717, 1.165) is 42.2 Å². The number of piperazine rings is 1. The predicted octanol–water partition coefficient (Wildman–Crippen LogP) is 1.77. The lowest BCUT2D eigenvalue weighted by Gasteiger charge is -2.38. The first kappa shape index (κ1) is 17.6. The van der Waals surface area contributed by atoms with Gasteiger partial charge in [0.15, 0.2) is 0 Å². The van der Waals surface area contributed by atoms with Crippen molar-refractivity contribution in [2.45, 2.75) is 26.4 Å². The molecule has 3 rings (SSSR count). The highest BCUT2D eigenvalue weighted by molar-refractivity contribution is 5.81. The van der Waals surface area contributed by atoms with E-state index in [-0.39, 0.29) is 5.82 Å². The largest absolute Gasteiger partial charge is 0.368 e. The van der Waals surface area contributed by atoms with Gasteiger partial charge in [0.25, 0.3) is 0 Å². The van der Waals surface area contributed by atoms with Gasteiger partial charge in [-0.05, 0) is 31.5 Å². The monoisotopic (exact) mass is 346 g/mol. The summed E-state index contributed by atoms with van der Waals surface area (Å²) in [6, 6.07) is 5.45. The summed E-state index contributed by atoms with van der Waals surface area (Å²) in [5.74, 6) is 0.114. The molecule has 1 aliphatic rings. The number of hydrogen-bond donors (Lipinski definition) is 1. The van der Waals surface area contributed by atoms with Gasteiger partial charge < -0.3 is 10.3 Å². The zero-order chi connectivity index (χ0) is 18.0. The van der Waals surface area contributed by atoms with E-state index in [9.17, 15) is 9.18 Å². The lowest BCUT2D eigenvalue weighted by molar-refractivity contribution is -0.124. The molecule has 0 spiro atoms. The van der Waals surface area contributed by atoms with E-state index < -0.39 is 11.9 Å². The number of primary amides is 1. The van der Waals surface area contributed by atoms with E-state index in [1.165, 1.54) is 12.1 Å². The normalized spacial score (nSPS) is 17.6. The molecule has 1 aliphatic heterocycles. The van der Waals surface area contributed by atoms with Crippen LogP contribution in [0.5, 0.6) is 0 Å². The van der Waals surface area contributed by atoms with Gasteiger partial charge in [0.2, 0.25) is 5.91 Å². The van der Waals surface area contributed by atoms with Crippen LogP contribution >= 0.6 is 0 Å². The van der Waals surface area contributed by atoms with Gasteiger partial charge in [0.1, 0.15) is 17.6 Å². The van der Waals surface area contributed by atoms with Crippen LogP contribution in [0.2, 0.25) is 0 Å². The summed E-state index contributed by atoms with van der Waals surface area (Å²) in [6.45, 7) is 7.71. The molecule has 0 bridgehead atoms. The second-order valence-corrected chi connectivity index (χ2v) is 6.47. The third kappa shape index (κ3) is 3.88. The number of amides is 1. The second-order valence-electron chi connectivity index (χ2n) is 6.47. The molecule has 134 valence electrons. The molecule has 2 heterocycles. The third-order valence-corrected chi connectivity index (χ3v) is 4.79. The maximum Gasteiger partial charge on any atom is 0.239 e. The number of rotatable bonds is 5. The molecule has 1 aromatic carbocycles. The fraction of sp³-hybridized carbons (Fsp3) is 0.444. The Kier molecular flexibility index (Phi) is 5.15. The summed E-state index contributed by atoms with van der Waals surface area (Å²) in [5.41, 5.74) is 8.38. The molecule has 2 N–H and O–H groups in total. The maximum atomic E-state index is 13.1. The van der Waals surface area contributed by atoms with Gasteiger partial charge in [0, 0.05) is 38.3 Å². The van der Waals surface area contributed by atoms with Crippen molar-refractivity contribution in [1.29, 1.82) is 0 Å². The van der Waals surface area contributed by atoms with Gasteiger partial charge in [0.05, 0.1) is 5.69 Å². The van der Waals surface area contributed by atoms with Crippen LogP contribution in [0.1, 0.15) is 28.6 Å². The molecule has 1 saturated heterocycles.